The van der Waals surface area contributed by atoms with Crippen LogP contribution < -0.4 is 5.32 Å². The number of aldehydes is 1. The lowest BCUT2D eigenvalue weighted by atomic mass is 10.0. The lowest BCUT2D eigenvalue weighted by molar-refractivity contribution is -0.108. The normalized spacial score (nSPS) is 12.3. The van der Waals surface area contributed by atoms with E-state index in [0.717, 1.165) is 27.6 Å². The summed E-state index contributed by atoms with van der Waals surface area (Å²) in [7, 11) is 1.44. The van der Waals surface area contributed by atoms with Gasteiger partial charge < -0.3 is 10.1 Å². The Morgan fingerprint density at radius 2 is 2.06 bits per heavy atom. The number of carbonyl (C=O) groups is 1. The number of aryl methyl sites for hydroxylation is 1. The molecule has 4 aromatic heterocycles. The second kappa shape index (κ2) is 9.35. The Kier molecular flexibility index (Phi) is 6.30. The van der Waals surface area contributed by atoms with Crippen LogP contribution >= 0.6 is 41.7 Å². The molecule has 4 heterocycles. The molecular formula is C23H17FIN5OS2. The largest absolute Gasteiger partial charge is 0.362 e. The Labute approximate surface area is 209 Å². The number of thiophene rings is 1. The van der Waals surface area contributed by atoms with E-state index >= 15 is 0 Å². The summed E-state index contributed by atoms with van der Waals surface area (Å²) in [5.74, 6) is 0.694. The molecule has 33 heavy (non-hydrogen) atoms. The second-order valence-electron chi connectivity index (χ2n) is 7.51. The van der Waals surface area contributed by atoms with E-state index in [1.165, 1.54) is 32.7 Å². The van der Waals surface area contributed by atoms with E-state index in [4.69, 9.17) is 9.97 Å². The number of pyridine rings is 1. The predicted molar refractivity (Wildman–Crippen MR) is 141 cm³/mol. The standard InChI is InChI=1S/C23H17FIN5OS2/c1-13-2-4-14(5-3-13)19(6-8-31)27-20-16-7-9-32-23(16)29-21(28-20)18-12-30(33-25)22-17(18)10-15(24)11-26-22/h2-5,7-12,19H,6H2,1H3,(H,27,28,29). The number of hydrogen-bond donors (Lipinski definition) is 1. The van der Waals surface area contributed by atoms with Gasteiger partial charge in [-0.15, -0.1) is 11.3 Å². The highest BCUT2D eigenvalue weighted by atomic mass is 127. The molecule has 1 N–H and O–H groups in total. The zero-order valence-corrected chi connectivity index (χ0v) is 21.1. The number of benzene rings is 1. The molecule has 166 valence electrons. The number of anilines is 1. The number of fused-ring (bicyclic) bond motifs is 2. The SMILES string of the molecule is Cc1ccc(C(CC=O)Nc2nc(-c3cn(SI)c4ncc(F)cc34)nc3sccc23)cc1. The van der Waals surface area contributed by atoms with Crippen molar-refractivity contribution in [2.45, 2.75) is 19.4 Å². The molecule has 5 rings (SSSR count). The van der Waals surface area contributed by atoms with Crippen LogP contribution in [0, 0.1) is 12.7 Å². The van der Waals surface area contributed by atoms with E-state index in [2.05, 4.69) is 31.5 Å². The molecule has 1 atom stereocenters. The summed E-state index contributed by atoms with van der Waals surface area (Å²) < 4.78 is 15.9. The maximum atomic E-state index is 14.0. The summed E-state index contributed by atoms with van der Waals surface area (Å²) in [5.41, 5.74) is 3.49. The first kappa shape index (κ1) is 22.2. The summed E-state index contributed by atoms with van der Waals surface area (Å²) in [6, 6.07) is 11.3. The van der Waals surface area contributed by atoms with Gasteiger partial charge in [-0.3, -0.25) is 3.97 Å². The molecule has 6 nitrogen and oxygen atoms in total. The van der Waals surface area contributed by atoms with Crippen molar-refractivity contribution < 1.29 is 9.18 Å². The summed E-state index contributed by atoms with van der Waals surface area (Å²) >= 11 is 3.66. The highest BCUT2D eigenvalue weighted by Crippen LogP contribution is 2.36. The number of halogens is 2. The monoisotopic (exact) mass is 589 g/mol. The van der Waals surface area contributed by atoms with Gasteiger partial charge in [-0.2, -0.15) is 0 Å². The first-order valence-corrected chi connectivity index (χ1v) is 14.2. The first-order chi connectivity index (χ1) is 16.1. The van der Waals surface area contributed by atoms with Crippen LogP contribution in [0.25, 0.3) is 32.6 Å². The van der Waals surface area contributed by atoms with Crippen LogP contribution in [0.2, 0.25) is 0 Å². The number of nitrogens with zero attached hydrogens (tertiary/aromatic N) is 4. The molecule has 0 amide bonds. The van der Waals surface area contributed by atoms with Crippen LogP contribution in [-0.2, 0) is 4.79 Å². The third-order valence-corrected chi connectivity index (χ3v) is 7.85. The number of carbonyl (C=O) groups excluding carboxylic acids is 1. The highest BCUT2D eigenvalue weighted by molar-refractivity contribution is 14.2. The summed E-state index contributed by atoms with van der Waals surface area (Å²) in [5, 5.41) is 6.94. The number of rotatable bonds is 7. The van der Waals surface area contributed by atoms with E-state index in [9.17, 15) is 9.18 Å². The molecule has 0 aliphatic heterocycles. The lowest BCUT2D eigenvalue weighted by Gasteiger charge is -2.19. The molecule has 1 unspecified atom stereocenters. The molecule has 0 aliphatic carbocycles. The highest BCUT2D eigenvalue weighted by Gasteiger charge is 2.20. The Bertz CT molecular complexity index is 1470. The van der Waals surface area contributed by atoms with E-state index in [1.807, 2.05) is 52.8 Å². The zero-order valence-electron chi connectivity index (χ0n) is 17.3. The van der Waals surface area contributed by atoms with E-state index in [-0.39, 0.29) is 6.04 Å². The fraction of sp³-hybridized carbons (Fsp3) is 0.130. The van der Waals surface area contributed by atoms with Crippen LogP contribution in [-0.4, -0.2) is 25.2 Å². The van der Waals surface area contributed by atoms with Gasteiger partial charge in [-0.25, -0.2) is 19.3 Å². The van der Waals surface area contributed by atoms with Crippen molar-refractivity contribution in [2.24, 2.45) is 0 Å². The molecule has 0 saturated carbocycles. The number of hydrogen-bond acceptors (Lipinski definition) is 7. The van der Waals surface area contributed by atoms with E-state index < -0.39 is 5.82 Å². The average molecular weight is 589 g/mol. The number of aromatic nitrogens is 4. The summed E-state index contributed by atoms with van der Waals surface area (Å²) in [4.78, 5) is 26.1. The topological polar surface area (TPSA) is 72.7 Å². The molecule has 0 bridgehead atoms. The van der Waals surface area contributed by atoms with Crippen LogP contribution in [0.1, 0.15) is 23.6 Å². The van der Waals surface area contributed by atoms with Gasteiger partial charge >= 0.3 is 0 Å². The van der Waals surface area contributed by atoms with Gasteiger partial charge in [0, 0.05) is 53.9 Å². The molecule has 0 saturated heterocycles. The van der Waals surface area contributed by atoms with E-state index in [0.29, 0.717) is 34.7 Å². The van der Waals surface area contributed by atoms with Crippen LogP contribution in [0.5, 0.6) is 0 Å². The molecule has 0 aliphatic rings. The summed E-state index contributed by atoms with van der Waals surface area (Å²) in [6.45, 7) is 2.03. The lowest BCUT2D eigenvalue weighted by Crippen LogP contribution is -2.13. The van der Waals surface area contributed by atoms with Gasteiger partial charge in [0.05, 0.1) is 17.6 Å². The molecule has 1 aromatic carbocycles. The Hall–Kier alpha value is -2.57. The van der Waals surface area contributed by atoms with Crippen LogP contribution in [0.3, 0.4) is 0 Å². The molecule has 0 fully saturated rings. The minimum absolute atomic E-state index is 0.237. The third kappa shape index (κ3) is 4.34. The van der Waals surface area contributed by atoms with Crippen molar-refractivity contribution in [1.82, 2.24) is 18.9 Å². The second-order valence-corrected chi connectivity index (χ2v) is 10.1. The quantitative estimate of drug-likeness (QED) is 0.167. The third-order valence-electron chi connectivity index (χ3n) is 5.34. The molecule has 5 aromatic rings. The van der Waals surface area contributed by atoms with Gasteiger partial charge in [-0.05, 0) is 30.0 Å². The Morgan fingerprint density at radius 1 is 1.24 bits per heavy atom. The smallest absolute Gasteiger partial charge is 0.165 e. The number of nitrogens with one attached hydrogen (secondary N) is 1. The van der Waals surface area contributed by atoms with Gasteiger partial charge in [0.2, 0.25) is 0 Å². The fourth-order valence-corrected chi connectivity index (χ4v) is 5.73. The average Bonchev–Trinajstić information content (AvgIpc) is 3.43. The van der Waals surface area contributed by atoms with Crippen molar-refractivity contribution in [1.29, 1.82) is 0 Å². The van der Waals surface area contributed by atoms with Crippen molar-refractivity contribution >= 4 is 75.0 Å². The zero-order chi connectivity index (χ0) is 22.9. The fourth-order valence-electron chi connectivity index (χ4n) is 3.71. The minimum Gasteiger partial charge on any atom is -0.362 e. The summed E-state index contributed by atoms with van der Waals surface area (Å²) in [6.07, 6.45) is 4.28. The Morgan fingerprint density at radius 3 is 2.82 bits per heavy atom. The maximum absolute atomic E-state index is 14.0. The van der Waals surface area contributed by atoms with Crippen molar-refractivity contribution in [3.63, 3.8) is 0 Å². The van der Waals surface area contributed by atoms with Gasteiger partial charge in [0.1, 0.15) is 22.8 Å². The minimum atomic E-state index is -0.416. The first-order valence-electron chi connectivity index (χ1n) is 10.1. The van der Waals surface area contributed by atoms with E-state index in [1.54, 1.807) is 0 Å². The maximum Gasteiger partial charge on any atom is 0.165 e. The van der Waals surface area contributed by atoms with Crippen LogP contribution in [0.4, 0.5) is 10.2 Å². The molecule has 0 radical (unpaired) electrons. The van der Waals surface area contributed by atoms with Crippen molar-refractivity contribution in [2.75, 3.05) is 5.32 Å². The molecule has 10 heteroatoms. The molecular weight excluding hydrogens is 572 g/mol. The Balaban J connectivity index is 1.64. The van der Waals surface area contributed by atoms with Gasteiger partial charge in [-0.1, -0.05) is 29.8 Å². The molecule has 0 spiro atoms. The predicted octanol–water partition coefficient (Wildman–Crippen LogP) is 6.74. The van der Waals surface area contributed by atoms with Crippen molar-refractivity contribution in [3.05, 3.63) is 71.1 Å². The van der Waals surface area contributed by atoms with Gasteiger partial charge in [0.15, 0.2) is 11.5 Å². The van der Waals surface area contributed by atoms with Gasteiger partial charge in [0.25, 0.3) is 0 Å². The van der Waals surface area contributed by atoms with Crippen LogP contribution in [0.15, 0.2) is 54.2 Å². The van der Waals surface area contributed by atoms with Crippen molar-refractivity contribution in [3.8, 4) is 11.4 Å².